The fourth-order valence-corrected chi connectivity index (χ4v) is 2.16. The van der Waals surface area contributed by atoms with Crippen LogP contribution in [0.1, 0.15) is 13.8 Å². The lowest BCUT2D eigenvalue weighted by atomic mass is 9.53. The van der Waals surface area contributed by atoms with Gasteiger partial charge in [0.05, 0.1) is 0 Å². The minimum atomic E-state index is -1.64. The van der Waals surface area contributed by atoms with Crippen LogP contribution in [0, 0.1) is 5.41 Å². The highest BCUT2D eigenvalue weighted by Crippen LogP contribution is 2.56. The van der Waals surface area contributed by atoms with Crippen LogP contribution in [0.3, 0.4) is 0 Å². The molecule has 1 unspecified atom stereocenters. The molecule has 5 nitrogen and oxygen atoms in total. The van der Waals surface area contributed by atoms with Gasteiger partial charge in [-0.15, -0.1) is 0 Å². The third-order valence-corrected chi connectivity index (χ3v) is 3.38. The van der Waals surface area contributed by atoms with Gasteiger partial charge >= 0.3 is 5.97 Å². The fourth-order valence-electron chi connectivity index (χ4n) is 2.16. The van der Waals surface area contributed by atoms with Crippen molar-refractivity contribution in [2.24, 2.45) is 5.41 Å². The van der Waals surface area contributed by atoms with Crippen LogP contribution in [0.15, 0.2) is 0 Å². The maximum absolute atomic E-state index is 10.9. The predicted molar refractivity (Wildman–Crippen MR) is 40.6 cm³/mol. The first-order chi connectivity index (χ1) is 5.83. The summed E-state index contributed by atoms with van der Waals surface area (Å²) in [7, 11) is 0. The van der Waals surface area contributed by atoms with Gasteiger partial charge in [0, 0.05) is 5.41 Å². The van der Waals surface area contributed by atoms with Gasteiger partial charge in [0.25, 0.3) is 0 Å². The first kappa shape index (κ1) is 8.93. The van der Waals surface area contributed by atoms with E-state index in [2.05, 4.69) is 4.74 Å². The van der Waals surface area contributed by atoms with Crippen LogP contribution in [0.2, 0.25) is 0 Å². The molecule has 1 saturated heterocycles. The summed E-state index contributed by atoms with van der Waals surface area (Å²) in [6.07, 6.45) is -3.44. The molecule has 0 aromatic carbocycles. The lowest BCUT2D eigenvalue weighted by Gasteiger charge is -2.57. The van der Waals surface area contributed by atoms with Crippen molar-refractivity contribution in [3.8, 4) is 0 Å². The average molecular weight is 188 g/mol. The first-order valence-electron chi connectivity index (χ1n) is 4.12. The molecule has 13 heavy (non-hydrogen) atoms. The monoisotopic (exact) mass is 188 g/mol. The zero-order valence-electron chi connectivity index (χ0n) is 7.39. The number of hydrogen-bond acceptors (Lipinski definition) is 5. The Morgan fingerprint density at radius 1 is 1.38 bits per heavy atom. The van der Waals surface area contributed by atoms with Gasteiger partial charge in [0.15, 0.2) is 12.2 Å². The Morgan fingerprint density at radius 2 is 1.92 bits per heavy atom. The summed E-state index contributed by atoms with van der Waals surface area (Å²) in [4.78, 5) is 10.9. The number of esters is 1. The summed E-state index contributed by atoms with van der Waals surface area (Å²) in [6, 6.07) is 0. The molecule has 2 aliphatic rings. The lowest BCUT2D eigenvalue weighted by Crippen LogP contribution is -2.76. The molecule has 5 heteroatoms. The number of hydrogen-bond donors (Lipinski definition) is 3. The third-order valence-electron chi connectivity index (χ3n) is 3.38. The maximum Gasteiger partial charge on any atom is 0.338 e. The summed E-state index contributed by atoms with van der Waals surface area (Å²) >= 11 is 0. The van der Waals surface area contributed by atoms with Crippen LogP contribution >= 0.6 is 0 Å². The molecule has 2 fully saturated rings. The number of aliphatic hydroxyl groups is 3. The van der Waals surface area contributed by atoms with Crippen LogP contribution in [-0.2, 0) is 9.53 Å². The molecule has 0 aromatic heterocycles. The van der Waals surface area contributed by atoms with Gasteiger partial charge < -0.3 is 20.1 Å². The smallest absolute Gasteiger partial charge is 0.338 e. The standard InChI is InChI=1S/C8H12O5/c1-7(2)3(9)5-8(7,12)4(10)6(11)13-5/h3-5,9-10,12H,1-2H3/t3?,4-,5-,8-/m1/s1. The molecule has 3 N–H and O–H groups in total. The van der Waals surface area contributed by atoms with E-state index in [-0.39, 0.29) is 0 Å². The molecule has 0 bridgehead atoms. The molecule has 74 valence electrons. The second kappa shape index (κ2) is 2.05. The Bertz CT molecular complexity index is 274. The molecule has 0 amide bonds. The first-order valence-corrected chi connectivity index (χ1v) is 4.12. The van der Waals surface area contributed by atoms with Crippen LogP contribution < -0.4 is 0 Å². The quantitative estimate of drug-likeness (QED) is 0.399. The average Bonchev–Trinajstić information content (AvgIpc) is 2.29. The number of aliphatic hydroxyl groups excluding tert-OH is 2. The van der Waals surface area contributed by atoms with Crippen LogP contribution in [0.25, 0.3) is 0 Å². The van der Waals surface area contributed by atoms with Crippen molar-refractivity contribution in [2.45, 2.75) is 37.8 Å². The largest absolute Gasteiger partial charge is 0.454 e. The van der Waals surface area contributed by atoms with Crippen molar-refractivity contribution in [3.05, 3.63) is 0 Å². The van der Waals surface area contributed by atoms with Crippen LogP contribution in [-0.4, -0.2) is 45.2 Å². The van der Waals surface area contributed by atoms with Gasteiger partial charge in [-0.2, -0.15) is 0 Å². The molecule has 0 aromatic rings. The summed E-state index contributed by atoms with van der Waals surface area (Å²) in [5, 5.41) is 28.8. The van der Waals surface area contributed by atoms with Gasteiger partial charge in [-0.1, -0.05) is 13.8 Å². The van der Waals surface area contributed by atoms with Gasteiger partial charge in [-0.25, -0.2) is 4.79 Å². The molecule has 0 spiro atoms. The lowest BCUT2D eigenvalue weighted by molar-refractivity contribution is -0.293. The van der Waals surface area contributed by atoms with Crippen molar-refractivity contribution in [1.29, 1.82) is 0 Å². The highest BCUT2D eigenvalue weighted by atomic mass is 16.6. The van der Waals surface area contributed by atoms with E-state index < -0.39 is 35.3 Å². The Labute approximate surface area is 74.9 Å². The molecular weight excluding hydrogens is 176 g/mol. The molecule has 0 radical (unpaired) electrons. The van der Waals surface area contributed by atoms with E-state index in [9.17, 15) is 20.1 Å². The van der Waals surface area contributed by atoms with Crippen LogP contribution in [0.5, 0.6) is 0 Å². The Balaban J connectivity index is 2.40. The van der Waals surface area contributed by atoms with Crippen LogP contribution in [0.4, 0.5) is 0 Å². The molecule has 4 atom stereocenters. The van der Waals surface area contributed by atoms with Gasteiger partial charge in [0.1, 0.15) is 11.7 Å². The molecule has 1 heterocycles. The number of carbonyl (C=O) groups excluding carboxylic acids is 1. The molecule has 2 rings (SSSR count). The van der Waals surface area contributed by atoms with E-state index in [0.717, 1.165) is 0 Å². The predicted octanol–water partition coefficient (Wildman–Crippen LogP) is -1.60. The third kappa shape index (κ3) is 0.675. The van der Waals surface area contributed by atoms with Crippen molar-refractivity contribution in [1.82, 2.24) is 0 Å². The van der Waals surface area contributed by atoms with E-state index in [1.807, 2.05) is 0 Å². The normalized spacial score (nSPS) is 52.4. The van der Waals surface area contributed by atoms with E-state index >= 15 is 0 Å². The number of carbonyl (C=O) groups is 1. The Morgan fingerprint density at radius 3 is 2.38 bits per heavy atom. The second-order valence-electron chi connectivity index (χ2n) is 4.25. The fraction of sp³-hybridized carbons (Fsp3) is 0.875. The summed E-state index contributed by atoms with van der Waals surface area (Å²) in [5.41, 5.74) is -2.55. The Hall–Kier alpha value is -0.650. The van der Waals surface area contributed by atoms with E-state index in [4.69, 9.17) is 0 Å². The number of fused-ring (bicyclic) bond motifs is 1. The topological polar surface area (TPSA) is 87.0 Å². The van der Waals surface area contributed by atoms with Gasteiger partial charge in [-0.05, 0) is 0 Å². The zero-order chi connectivity index (χ0) is 10.0. The summed E-state index contributed by atoms with van der Waals surface area (Å²) in [6.45, 7) is 3.17. The van der Waals surface area contributed by atoms with E-state index in [0.29, 0.717) is 0 Å². The maximum atomic E-state index is 10.9. The summed E-state index contributed by atoms with van der Waals surface area (Å²) < 4.78 is 4.63. The molecule has 1 saturated carbocycles. The molecule has 1 aliphatic heterocycles. The minimum absolute atomic E-state index is 0.864. The van der Waals surface area contributed by atoms with E-state index in [1.165, 1.54) is 0 Å². The molecule has 1 aliphatic carbocycles. The van der Waals surface area contributed by atoms with Crippen molar-refractivity contribution in [3.63, 3.8) is 0 Å². The van der Waals surface area contributed by atoms with Crippen molar-refractivity contribution >= 4 is 5.97 Å². The second-order valence-corrected chi connectivity index (χ2v) is 4.25. The zero-order valence-corrected chi connectivity index (χ0v) is 7.39. The summed E-state index contributed by atoms with van der Waals surface area (Å²) in [5.74, 6) is -0.864. The van der Waals surface area contributed by atoms with Crippen molar-refractivity contribution in [2.75, 3.05) is 0 Å². The minimum Gasteiger partial charge on any atom is -0.454 e. The SMILES string of the molecule is CC1(C)C(O)[C@H]2OC(=O)[C@@H](O)[C@@]21O. The highest BCUT2D eigenvalue weighted by Gasteiger charge is 2.77. The number of rotatable bonds is 0. The van der Waals surface area contributed by atoms with Gasteiger partial charge in [-0.3, -0.25) is 0 Å². The van der Waals surface area contributed by atoms with E-state index in [1.54, 1.807) is 13.8 Å². The molecular formula is C8H12O5. The van der Waals surface area contributed by atoms with Gasteiger partial charge in [0.2, 0.25) is 0 Å². The van der Waals surface area contributed by atoms with Crippen molar-refractivity contribution < 1.29 is 24.9 Å². The highest BCUT2D eigenvalue weighted by molar-refractivity contribution is 5.80. The Kier molecular flexibility index (Phi) is 1.41. The number of ether oxygens (including phenoxy) is 1.